The highest BCUT2D eigenvalue weighted by atomic mass is 79.9. The van der Waals surface area contributed by atoms with Gasteiger partial charge in [-0.25, -0.2) is 4.39 Å². The number of halogens is 2. The van der Waals surface area contributed by atoms with Gasteiger partial charge in [-0.3, -0.25) is 0 Å². The zero-order valence-electron chi connectivity index (χ0n) is 12.4. The molecule has 0 spiro atoms. The van der Waals surface area contributed by atoms with Crippen LogP contribution >= 0.6 is 15.9 Å². The molecule has 1 unspecified atom stereocenters. The normalized spacial score (nSPS) is 12.2. The fourth-order valence-electron chi connectivity index (χ4n) is 2.45. The third kappa shape index (κ3) is 4.05. The standard InChI is InChI=1S/C17H19BrFNO/c1-11-4-5-17(21-3)13(6-11)9-16(20-2)12-7-14(18)10-15(19)8-12/h4-8,10,16,20H,9H2,1-3H3. The van der Waals surface area contributed by atoms with Crippen LogP contribution < -0.4 is 10.1 Å². The van der Waals surface area contributed by atoms with Crippen LogP contribution in [0.2, 0.25) is 0 Å². The van der Waals surface area contributed by atoms with E-state index in [1.807, 2.05) is 25.2 Å². The number of benzene rings is 2. The van der Waals surface area contributed by atoms with Crippen molar-refractivity contribution < 1.29 is 9.13 Å². The Bertz CT molecular complexity index is 610. The molecule has 1 N–H and O–H groups in total. The lowest BCUT2D eigenvalue weighted by molar-refractivity contribution is 0.406. The molecular weight excluding hydrogens is 333 g/mol. The molecule has 2 rings (SSSR count). The number of likely N-dealkylation sites (N-methyl/N-ethyl adjacent to an activating group) is 1. The number of hydrogen-bond donors (Lipinski definition) is 1. The summed E-state index contributed by atoms with van der Waals surface area (Å²) in [5.74, 6) is 0.618. The number of hydrogen-bond acceptors (Lipinski definition) is 2. The Morgan fingerprint density at radius 2 is 2.00 bits per heavy atom. The first-order valence-electron chi connectivity index (χ1n) is 6.80. The predicted molar refractivity (Wildman–Crippen MR) is 87.3 cm³/mol. The quantitative estimate of drug-likeness (QED) is 0.861. The predicted octanol–water partition coefficient (Wildman–Crippen LogP) is 4.41. The van der Waals surface area contributed by atoms with Gasteiger partial charge in [0.1, 0.15) is 11.6 Å². The Hall–Kier alpha value is -1.39. The van der Waals surface area contributed by atoms with Gasteiger partial charge in [0.15, 0.2) is 0 Å². The van der Waals surface area contributed by atoms with Crippen molar-refractivity contribution in [3.63, 3.8) is 0 Å². The summed E-state index contributed by atoms with van der Waals surface area (Å²) in [5, 5.41) is 3.25. The van der Waals surface area contributed by atoms with Crippen molar-refractivity contribution in [2.45, 2.75) is 19.4 Å². The van der Waals surface area contributed by atoms with E-state index in [0.717, 1.165) is 27.8 Å². The molecule has 2 aromatic carbocycles. The zero-order chi connectivity index (χ0) is 15.4. The molecular formula is C17H19BrFNO. The molecule has 21 heavy (non-hydrogen) atoms. The Morgan fingerprint density at radius 3 is 2.62 bits per heavy atom. The van der Waals surface area contributed by atoms with Crippen molar-refractivity contribution in [3.05, 3.63) is 63.4 Å². The third-order valence-corrected chi connectivity index (χ3v) is 3.95. The van der Waals surface area contributed by atoms with Gasteiger partial charge in [0, 0.05) is 10.5 Å². The van der Waals surface area contributed by atoms with Crippen LogP contribution in [0.3, 0.4) is 0 Å². The molecule has 0 radical (unpaired) electrons. The molecule has 0 saturated carbocycles. The minimum absolute atomic E-state index is 0.0210. The van der Waals surface area contributed by atoms with Crippen molar-refractivity contribution in [3.8, 4) is 5.75 Å². The minimum atomic E-state index is -0.240. The van der Waals surface area contributed by atoms with Crippen molar-refractivity contribution in [1.29, 1.82) is 0 Å². The first-order chi connectivity index (χ1) is 10.0. The number of nitrogens with one attached hydrogen (secondary N) is 1. The van der Waals surface area contributed by atoms with Crippen LogP contribution in [0.4, 0.5) is 4.39 Å². The number of methoxy groups -OCH3 is 1. The second-order valence-corrected chi connectivity index (χ2v) is 5.98. The SMILES string of the molecule is CNC(Cc1cc(C)ccc1OC)c1cc(F)cc(Br)c1. The second kappa shape index (κ2) is 7.05. The molecule has 0 fully saturated rings. The zero-order valence-corrected chi connectivity index (χ0v) is 14.0. The summed E-state index contributed by atoms with van der Waals surface area (Å²) in [7, 11) is 3.55. The van der Waals surface area contributed by atoms with Gasteiger partial charge in [-0.2, -0.15) is 0 Å². The number of ether oxygens (including phenoxy) is 1. The highest BCUT2D eigenvalue weighted by molar-refractivity contribution is 9.10. The van der Waals surface area contributed by atoms with Crippen molar-refractivity contribution in [2.75, 3.05) is 14.2 Å². The van der Waals surface area contributed by atoms with Gasteiger partial charge in [-0.05, 0) is 55.8 Å². The summed E-state index contributed by atoms with van der Waals surface area (Å²) in [6, 6.07) is 11.1. The van der Waals surface area contributed by atoms with Gasteiger partial charge in [-0.1, -0.05) is 33.6 Å². The molecule has 0 aromatic heterocycles. The van der Waals surface area contributed by atoms with E-state index in [-0.39, 0.29) is 11.9 Å². The van der Waals surface area contributed by atoms with Crippen molar-refractivity contribution in [1.82, 2.24) is 5.32 Å². The van der Waals surface area contributed by atoms with Crippen LogP contribution in [-0.4, -0.2) is 14.2 Å². The molecule has 0 aliphatic heterocycles. The summed E-state index contributed by atoms with van der Waals surface area (Å²) < 4.78 is 19.8. The summed E-state index contributed by atoms with van der Waals surface area (Å²) in [6.45, 7) is 2.05. The Balaban J connectivity index is 2.32. The van der Waals surface area contributed by atoms with Crippen molar-refractivity contribution >= 4 is 15.9 Å². The van der Waals surface area contributed by atoms with E-state index in [1.165, 1.54) is 11.6 Å². The monoisotopic (exact) mass is 351 g/mol. The molecule has 112 valence electrons. The Morgan fingerprint density at radius 1 is 1.24 bits per heavy atom. The Kier molecular flexibility index (Phi) is 5.37. The fraction of sp³-hybridized carbons (Fsp3) is 0.294. The van der Waals surface area contributed by atoms with E-state index in [1.54, 1.807) is 13.2 Å². The molecule has 0 saturated heterocycles. The van der Waals surface area contributed by atoms with E-state index in [4.69, 9.17) is 4.74 Å². The highest BCUT2D eigenvalue weighted by Gasteiger charge is 2.15. The lowest BCUT2D eigenvalue weighted by Crippen LogP contribution is -2.19. The summed E-state index contributed by atoms with van der Waals surface area (Å²) in [6.07, 6.45) is 0.733. The van der Waals surface area contributed by atoms with Crippen LogP contribution in [0.25, 0.3) is 0 Å². The van der Waals surface area contributed by atoms with Crippen LogP contribution in [0.15, 0.2) is 40.9 Å². The van der Waals surface area contributed by atoms with Crippen LogP contribution in [0.1, 0.15) is 22.7 Å². The van der Waals surface area contributed by atoms with Crippen molar-refractivity contribution in [2.24, 2.45) is 0 Å². The van der Waals surface area contributed by atoms with Gasteiger partial charge in [0.05, 0.1) is 7.11 Å². The largest absolute Gasteiger partial charge is 0.496 e. The molecule has 0 amide bonds. The van der Waals surface area contributed by atoms with Gasteiger partial charge in [-0.15, -0.1) is 0 Å². The van der Waals surface area contributed by atoms with Gasteiger partial charge in [0.25, 0.3) is 0 Å². The minimum Gasteiger partial charge on any atom is -0.496 e. The number of rotatable bonds is 5. The molecule has 4 heteroatoms. The molecule has 0 aliphatic carbocycles. The van der Waals surface area contributed by atoms with E-state index in [0.29, 0.717) is 0 Å². The summed E-state index contributed by atoms with van der Waals surface area (Å²) in [5.41, 5.74) is 3.20. The van der Waals surface area contributed by atoms with E-state index in [2.05, 4.69) is 34.2 Å². The molecule has 1 atom stereocenters. The second-order valence-electron chi connectivity index (χ2n) is 5.06. The molecule has 2 aromatic rings. The van der Waals surface area contributed by atoms with E-state index in [9.17, 15) is 4.39 Å². The maximum Gasteiger partial charge on any atom is 0.124 e. The highest BCUT2D eigenvalue weighted by Crippen LogP contribution is 2.27. The van der Waals surface area contributed by atoms with E-state index >= 15 is 0 Å². The summed E-state index contributed by atoms with van der Waals surface area (Å²) in [4.78, 5) is 0. The van der Waals surface area contributed by atoms with Gasteiger partial charge >= 0.3 is 0 Å². The third-order valence-electron chi connectivity index (χ3n) is 3.50. The average molecular weight is 352 g/mol. The lowest BCUT2D eigenvalue weighted by Gasteiger charge is -2.19. The molecule has 2 nitrogen and oxygen atoms in total. The van der Waals surface area contributed by atoms with Gasteiger partial charge in [0.2, 0.25) is 0 Å². The Labute approximate surface area is 133 Å². The maximum atomic E-state index is 13.6. The molecule has 0 heterocycles. The maximum absolute atomic E-state index is 13.6. The first-order valence-corrected chi connectivity index (χ1v) is 7.59. The fourth-order valence-corrected chi connectivity index (χ4v) is 2.93. The van der Waals surface area contributed by atoms with E-state index < -0.39 is 0 Å². The lowest BCUT2D eigenvalue weighted by atomic mass is 9.97. The van der Waals surface area contributed by atoms with Gasteiger partial charge < -0.3 is 10.1 Å². The number of aryl methyl sites for hydroxylation is 1. The molecule has 0 aliphatic rings. The van der Waals surface area contributed by atoms with Crippen LogP contribution in [-0.2, 0) is 6.42 Å². The van der Waals surface area contributed by atoms with Crippen LogP contribution in [0.5, 0.6) is 5.75 Å². The van der Waals surface area contributed by atoms with Crippen LogP contribution in [0, 0.1) is 12.7 Å². The average Bonchev–Trinajstić information content (AvgIpc) is 2.43. The summed E-state index contributed by atoms with van der Waals surface area (Å²) >= 11 is 3.34. The topological polar surface area (TPSA) is 21.3 Å². The smallest absolute Gasteiger partial charge is 0.124 e. The molecule has 0 bridgehead atoms. The first kappa shape index (κ1) is 16.0.